The van der Waals surface area contributed by atoms with Crippen LogP contribution in [0, 0.1) is 0 Å². The lowest BCUT2D eigenvalue weighted by Crippen LogP contribution is -2.42. The van der Waals surface area contributed by atoms with Gasteiger partial charge in [-0.05, 0) is 44.1 Å². The Bertz CT molecular complexity index is 912. The number of H-pyrrole nitrogens is 1. The number of nitrogens with one attached hydrogen (secondary N) is 1. The second kappa shape index (κ2) is 9.67. The lowest BCUT2D eigenvalue weighted by atomic mass is 9.92. The molecular formula is C23H33Cl2NO4Si. The third kappa shape index (κ3) is 5.73. The molecule has 0 aliphatic carbocycles. The van der Waals surface area contributed by atoms with Crippen LogP contribution >= 0.6 is 23.2 Å². The van der Waals surface area contributed by atoms with E-state index in [0.29, 0.717) is 39.9 Å². The number of aliphatic hydroxyl groups is 1. The summed E-state index contributed by atoms with van der Waals surface area (Å²) in [5.74, 6) is -0.546. The van der Waals surface area contributed by atoms with Crippen LogP contribution in [0.5, 0.6) is 0 Å². The molecule has 5 nitrogen and oxygen atoms in total. The highest BCUT2D eigenvalue weighted by Gasteiger charge is 2.39. The number of rotatable bonds is 8. The summed E-state index contributed by atoms with van der Waals surface area (Å²) in [5, 5.41) is 12.2. The minimum absolute atomic E-state index is 0.0648. The summed E-state index contributed by atoms with van der Waals surface area (Å²) < 4.78 is 11.5. The van der Waals surface area contributed by atoms with Crippen molar-refractivity contribution in [1.29, 1.82) is 0 Å². The maximum atomic E-state index is 12.9. The van der Waals surface area contributed by atoms with Crippen LogP contribution in [0.1, 0.15) is 57.1 Å². The fraction of sp³-hybridized carbons (Fsp3) is 0.522. The van der Waals surface area contributed by atoms with Gasteiger partial charge in [-0.2, -0.15) is 0 Å². The Balaban J connectivity index is 2.44. The molecule has 1 unspecified atom stereocenters. The number of hydrogen-bond acceptors (Lipinski definition) is 4. The summed E-state index contributed by atoms with van der Waals surface area (Å²) >= 11 is 12.8. The molecule has 1 atom stereocenters. The van der Waals surface area contributed by atoms with E-state index in [2.05, 4.69) is 38.8 Å². The zero-order chi connectivity index (χ0) is 23.6. The van der Waals surface area contributed by atoms with Crippen molar-refractivity contribution in [1.82, 2.24) is 4.98 Å². The van der Waals surface area contributed by atoms with Gasteiger partial charge >= 0.3 is 5.97 Å². The SMILES string of the molecule is CCOC(=O)c1c(-c2c(Cl)cccc2Cl)c[nH]c1C(C)(O)CCO[Si](C)(C)C(C)(C)C. The molecule has 1 aromatic carbocycles. The molecule has 31 heavy (non-hydrogen) atoms. The Hall–Kier alpha value is -1.31. The number of hydrogen-bond donors (Lipinski definition) is 2. The molecule has 0 aliphatic rings. The number of aromatic amines is 1. The summed E-state index contributed by atoms with van der Waals surface area (Å²) in [6.45, 7) is 14.8. The Morgan fingerprint density at radius 1 is 1.16 bits per heavy atom. The first-order valence-corrected chi connectivity index (χ1v) is 14.1. The Labute approximate surface area is 196 Å². The minimum atomic E-state index is -1.96. The summed E-state index contributed by atoms with van der Waals surface area (Å²) in [4.78, 5) is 16.0. The molecule has 2 N–H and O–H groups in total. The number of aromatic nitrogens is 1. The zero-order valence-electron chi connectivity index (χ0n) is 19.4. The van der Waals surface area contributed by atoms with Gasteiger partial charge in [-0.1, -0.05) is 50.0 Å². The van der Waals surface area contributed by atoms with Gasteiger partial charge in [0, 0.05) is 40.4 Å². The summed E-state index contributed by atoms with van der Waals surface area (Å²) in [5.41, 5.74) is 0.250. The molecule has 1 heterocycles. The third-order valence-corrected chi connectivity index (χ3v) is 11.2. The topological polar surface area (TPSA) is 71.6 Å². The Morgan fingerprint density at radius 3 is 2.26 bits per heavy atom. The van der Waals surface area contributed by atoms with Gasteiger partial charge in [-0.25, -0.2) is 4.79 Å². The first-order chi connectivity index (χ1) is 14.2. The molecule has 0 radical (unpaired) electrons. The van der Waals surface area contributed by atoms with Gasteiger partial charge < -0.3 is 19.3 Å². The quantitative estimate of drug-likeness (QED) is 0.319. The van der Waals surface area contributed by atoms with E-state index in [-0.39, 0.29) is 17.2 Å². The number of esters is 1. The average molecular weight is 487 g/mol. The number of halogens is 2. The van der Waals surface area contributed by atoms with Crippen LogP contribution in [0.4, 0.5) is 0 Å². The van der Waals surface area contributed by atoms with Crippen LogP contribution in [0.25, 0.3) is 11.1 Å². The maximum absolute atomic E-state index is 12.9. The van der Waals surface area contributed by atoms with E-state index in [1.807, 2.05) is 0 Å². The molecule has 2 aromatic rings. The fourth-order valence-electron chi connectivity index (χ4n) is 3.06. The van der Waals surface area contributed by atoms with Gasteiger partial charge in [0.05, 0.1) is 17.9 Å². The lowest BCUT2D eigenvalue weighted by Gasteiger charge is -2.37. The normalized spacial score (nSPS) is 14.4. The highest BCUT2D eigenvalue weighted by molar-refractivity contribution is 6.74. The van der Waals surface area contributed by atoms with Gasteiger partial charge in [0.1, 0.15) is 5.60 Å². The first kappa shape index (κ1) is 25.9. The zero-order valence-corrected chi connectivity index (χ0v) is 21.9. The molecule has 0 saturated carbocycles. The molecule has 0 bridgehead atoms. The van der Waals surface area contributed by atoms with Crippen LogP contribution in [-0.4, -0.2) is 37.6 Å². The number of benzene rings is 1. The van der Waals surface area contributed by atoms with Crippen LogP contribution in [-0.2, 0) is 14.8 Å². The van der Waals surface area contributed by atoms with Crippen molar-refractivity contribution >= 4 is 37.5 Å². The van der Waals surface area contributed by atoms with Crippen molar-refractivity contribution in [3.8, 4) is 11.1 Å². The van der Waals surface area contributed by atoms with Gasteiger partial charge in [-0.3, -0.25) is 0 Å². The van der Waals surface area contributed by atoms with E-state index in [9.17, 15) is 9.90 Å². The summed E-state index contributed by atoms with van der Waals surface area (Å²) in [6.07, 6.45) is 1.94. The van der Waals surface area contributed by atoms with Crippen molar-refractivity contribution in [2.24, 2.45) is 0 Å². The molecule has 1 aromatic heterocycles. The second-order valence-corrected chi connectivity index (χ2v) is 15.0. The van der Waals surface area contributed by atoms with Gasteiger partial charge in [-0.15, -0.1) is 0 Å². The monoisotopic (exact) mass is 485 g/mol. The van der Waals surface area contributed by atoms with Crippen molar-refractivity contribution in [2.45, 2.75) is 64.8 Å². The van der Waals surface area contributed by atoms with Crippen molar-refractivity contribution in [3.05, 3.63) is 45.7 Å². The van der Waals surface area contributed by atoms with Crippen molar-refractivity contribution in [3.63, 3.8) is 0 Å². The molecule has 2 rings (SSSR count). The molecule has 0 fully saturated rings. The largest absolute Gasteiger partial charge is 0.462 e. The molecule has 0 spiro atoms. The van der Waals surface area contributed by atoms with Crippen LogP contribution in [0.3, 0.4) is 0 Å². The van der Waals surface area contributed by atoms with Crippen LogP contribution in [0.2, 0.25) is 28.2 Å². The van der Waals surface area contributed by atoms with Crippen molar-refractivity contribution in [2.75, 3.05) is 13.2 Å². The van der Waals surface area contributed by atoms with E-state index >= 15 is 0 Å². The van der Waals surface area contributed by atoms with Gasteiger partial charge in [0.2, 0.25) is 0 Å². The molecule has 0 saturated heterocycles. The highest BCUT2D eigenvalue weighted by atomic mass is 35.5. The Kier molecular flexibility index (Phi) is 8.09. The minimum Gasteiger partial charge on any atom is -0.462 e. The van der Waals surface area contributed by atoms with E-state index in [0.717, 1.165) is 0 Å². The fourth-order valence-corrected chi connectivity index (χ4v) is 4.71. The van der Waals surface area contributed by atoms with Crippen LogP contribution in [0.15, 0.2) is 24.4 Å². The number of carbonyl (C=O) groups excluding carboxylic acids is 1. The van der Waals surface area contributed by atoms with Gasteiger partial charge in [0.15, 0.2) is 8.32 Å². The van der Waals surface area contributed by atoms with E-state index in [1.165, 1.54) is 0 Å². The molecule has 172 valence electrons. The summed E-state index contributed by atoms with van der Waals surface area (Å²) in [6, 6.07) is 5.14. The standard InChI is InChI=1S/C23H33Cl2NO4Si/c1-8-29-21(27)19-15(18-16(24)10-9-11-17(18)25)14-26-20(19)23(5,28)12-13-30-31(6,7)22(2,3)4/h9-11,14,26,28H,8,12-13H2,1-7H3. The lowest BCUT2D eigenvalue weighted by molar-refractivity contribution is 0.0244. The second-order valence-electron chi connectivity index (χ2n) is 9.40. The molecule has 0 amide bonds. The predicted octanol–water partition coefficient (Wildman–Crippen LogP) is 6.78. The summed E-state index contributed by atoms with van der Waals surface area (Å²) in [7, 11) is -1.96. The molecular weight excluding hydrogens is 453 g/mol. The Morgan fingerprint density at radius 2 is 1.74 bits per heavy atom. The number of ether oxygens (including phenoxy) is 1. The first-order valence-electron chi connectivity index (χ1n) is 10.4. The van der Waals surface area contributed by atoms with E-state index < -0.39 is 19.9 Å². The predicted molar refractivity (Wildman–Crippen MR) is 130 cm³/mol. The highest BCUT2D eigenvalue weighted by Crippen LogP contribution is 2.41. The number of carbonyl (C=O) groups is 1. The molecule has 0 aliphatic heterocycles. The van der Waals surface area contributed by atoms with Crippen LogP contribution < -0.4 is 0 Å². The van der Waals surface area contributed by atoms with E-state index in [4.69, 9.17) is 32.4 Å². The molecule has 8 heteroatoms. The van der Waals surface area contributed by atoms with Crippen molar-refractivity contribution < 1.29 is 19.1 Å². The van der Waals surface area contributed by atoms with Gasteiger partial charge in [0.25, 0.3) is 0 Å². The smallest absolute Gasteiger partial charge is 0.340 e. The average Bonchev–Trinajstić information content (AvgIpc) is 3.06. The maximum Gasteiger partial charge on any atom is 0.340 e. The third-order valence-electron chi connectivity index (χ3n) is 5.99. The van der Waals surface area contributed by atoms with E-state index in [1.54, 1.807) is 38.2 Å².